The molecule has 0 unspecified atom stereocenters. The van der Waals surface area contributed by atoms with E-state index in [0.29, 0.717) is 23.1 Å². The summed E-state index contributed by atoms with van der Waals surface area (Å²) in [5.41, 5.74) is 0.181. The van der Waals surface area contributed by atoms with E-state index in [2.05, 4.69) is 15.9 Å². The summed E-state index contributed by atoms with van der Waals surface area (Å²) >= 11 is 8.28. The molecule has 1 aromatic carbocycles. The molecule has 24 heavy (non-hydrogen) atoms. The molecule has 126 valence electrons. The number of rotatable bonds is 4. The molecular weight excluding hydrogens is 398 g/mol. The molecule has 2 rings (SSSR count). The number of hydrogen-bond donors (Lipinski definition) is 0. The Morgan fingerprint density at radius 2 is 1.75 bits per heavy atom. The topological polar surface area (TPSA) is 83.8 Å². The van der Waals surface area contributed by atoms with Crippen LogP contribution in [0.15, 0.2) is 28.2 Å². The normalized spacial score (nSPS) is 15.1. The fourth-order valence-corrected chi connectivity index (χ4v) is 3.12. The number of carbonyl (C=O) groups excluding carboxylic acids is 2. The smallest absolute Gasteiger partial charge is 0.284 e. The molecule has 1 aliphatic rings. The van der Waals surface area contributed by atoms with Crippen LogP contribution in [0.1, 0.15) is 19.4 Å². The van der Waals surface area contributed by atoms with Crippen LogP contribution in [0.25, 0.3) is 6.08 Å². The van der Waals surface area contributed by atoms with Gasteiger partial charge in [-0.1, -0.05) is 6.07 Å². The van der Waals surface area contributed by atoms with Gasteiger partial charge in [0.15, 0.2) is 5.11 Å². The van der Waals surface area contributed by atoms with Gasteiger partial charge >= 0.3 is 0 Å². The lowest BCUT2D eigenvalue weighted by atomic mass is 10.1. The second-order valence-corrected chi connectivity index (χ2v) is 6.13. The Kier molecular flexibility index (Phi) is 5.45. The molecule has 1 fully saturated rings. The van der Waals surface area contributed by atoms with Gasteiger partial charge in [0.2, 0.25) is 0 Å². The molecule has 0 saturated carbocycles. The molecule has 1 saturated heterocycles. The van der Waals surface area contributed by atoms with Gasteiger partial charge in [0.1, 0.15) is 5.57 Å². The molecule has 0 aromatic heterocycles. The van der Waals surface area contributed by atoms with E-state index in [-0.39, 0.29) is 16.4 Å². The lowest BCUT2D eigenvalue weighted by Crippen LogP contribution is -2.55. The largest absolute Gasteiger partial charge is 0.285 e. The molecule has 0 aliphatic carbocycles. The number of hydrogen-bond acceptors (Lipinski definition) is 5. The number of nitrogens with zero attached hydrogens (tertiary/aromatic N) is 3. The summed E-state index contributed by atoms with van der Waals surface area (Å²) in [5, 5.41) is 11.2. The number of nitro benzene ring substituents is 1. The van der Waals surface area contributed by atoms with Crippen molar-refractivity contribution in [2.75, 3.05) is 13.1 Å². The van der Waals surface area contributed by atoms with Crippen molar-refractivity contribution < 1.29 is 14.5 Å². The van der Waals surface area contributed by atoms with E-state index >= 15 is 0 Å². The summed E-state index contributed by atoms with van der Waals surface area (Å²) in [6.45, 7) is 4.18. The predicted molar refractivity (Wildman–Crippen MR) is 96.1 cm³/mol. The third-order valence-electron chi connectivity index (χ3n) is 3.52. The molecule has 0 N–H and O–H groups in total. The molecule has 1 aromatic rings. The van der Waals surface area contributed by atoms with Crippen LogP contribution < -0.4 is 0 Å². The van der Waals surface area contributed by atoms with Gasteiger partial charge < -0.3 is 0 Å². The Hall–Kier alpha value is -2.13. The second kappa shape index (κ2) is 7.18. The Balaban J connectivity index is 2.52. The molecule has 0 bridgehead atoms. The van der Waals surface area contributed by atoms with E-state index < -0.39 is 16.7 Å². The van der Waals surface area contributed by atoms with E-state index in [4.69, 9.17) is 12.2 Å². The van der Waals surface area contributed by atoms with Crippen molar-refractivity contribution in [2.24, 2.45) is 0 Å². The first-order valence-electron chi connectivity index (χ1n) is 7.15. The first-order chi connectivity index (χ1) is 11.3. The highest BCUT2D eigenvalue weighted by Crippen LogP contribution is 2.27. The van der Waals surface area contributed by atoms with Gasteiger partial charge in [-0.2, -0.15) is 0 Å². The third kappa shape index (κ3) is 3.22. The van der Waals surface area contributed by atoms with Crippen molar-refractivity contribution in [1.82, 2.24) is 9.80 Å². The van der Waals surface area contributed by atoms with Gasteiger partial charge in [-0.15, -0.1) is 0 Å². The van der Waals surface area contributed by atoms with Gasteiger partial charge in [-0.25, -0.2) is 0 Å². The lowest BCUT2D eigenvalue weighted by Gasteiger charge is -2.35. The number of benzene rings is 1. The fourth-order valence-electron chi connectivity index (χ4n) is 2.31. The summed E-state index contributed by atoms with van der Waals surface area (Å²) in [4.78, 5) is 38.2. The minimum atomic E-state index is -0.539. The molecule has 0 atom stereocenters. The van der Waals surface area contributed by atoms with Gasteiger partial charge in [-0.05, 0) is 59.7 Å². The Morgan fingerprint density at radius 3 is 2.21 bits per heavy atom. The van der Waals surface area contributed by atoms with Crippen LogP contribution in [0.4, 0.5) is 5.69 Å². The number of halogens is 1. The van der Waals surface area contributed by atoms with Gasteiger partial charge in [0, 0.05) is 19.2 Å². The van der Waals surface area contributed by atoms with E-state index in [0.717, 1.165) is 0 Å². The molecule has 9 heteroatoms. The SMILES string of the molecule is CCN1C(=O)C(=Cc2ccc(Br)c([N+](=O)[O-])c2)C(=O)N(CC)C1=S. The number of amides is 2. The van der Waals surface area contributed by atoms with E-state index in [1.807, 2.05) is 0 Å². The molecule has 0 spiro atoms. The molecule has 1 heterocycles. The van der Waals surface area contributed by atoms with Crippen molar-refractivity contribution >= 4 is 56.8 Å². The zero-order valence-electron chi connectivity index (χ0n) is 13.0. The van der Waals surface area contributed by atoms with Crippen molar-refractivity contribution in [3.8, 4) is 0 Å². The van der Waals surface area contributed by atoms with Crippen LogP contribution in [-0.4, -0.2) is 44.7 Å². The number of carbonyl (C=O) groups is 2. The summed E-state index contributed by atoms with van der Waals surface area (Å²) in [7, 11) is 0. The molecule has 7 nitrogen and oxygen atoms in total. The number of likely N-dealkylation sites (N-methyl/N-ethyl adjacent to an activating group) is 2. The summed E-state index contributed by atoms with van der Waals surface area (Å²) in [6, 6.07) is 4.39. The highest BCUT2D eigenvalue weighted by molar-refractivity contribution is 9.10. The van der Waals surface area contributed by atoms with Crippen LogP contribution in [-0.2, 0) is 9.59 Å². The minimum absolute atomic E-state index is 0.0658. The van der Waals surface area contributed by atoms with Crippen LogP contribution in [0.5, 0.6) is 0 Å². The highest BCUT2D eigenvalue weighted by Gasteiger charge is 2.37. The molecule has 0 radical (unpaired) electrons. The Labute approximate surface area is 152 Å². The van der Waals surface area contributed by atoms with E-state index in [1.54, 1.807) is 19.9 Å². The zero-order valence-corrected chi connectivity index (χ0v) is 15.4. The highest BCUT2D eigenvalue weighted by atomic mass is 79.9. The van der Waals surface area contributed by atoms with Crippen molar-refractivity contribution in [3.63, 3.8) is 0 Å². The maximum Gasteiger partial charge on any atom is 0.284 e. The van der Waals surface area contributed by atoms with Crippen molar-refractivity contribution in [1.29, 1.82) is 0 Å². The van der Waals surface area contributed by atoms with Gasteiger partial charge in [0.25, 0.3) is 17.5 Å². The van der Waals surface area contributed by atoms with Crippen LogP contribution in [0.2, 0.25) is 0 Å². The second-order valence-electron chi connectivity index (χ2n) is 4.91. The number of nitro groups is 1. The molecular formula is C15H14BrN3O4S. The van der Waals surface area contributed by atoms with E-state index in [9.17, 15) is 19.7 Å². The monoisotopic (exact) mass is 411 g/mol. The summed E-state index contributed by atoms with van der Waals surface area (Å²) in [5.74, 6) is -0.995. The van der Waals surface area contributed by atoms with Crippen LogP contribution >= 0.6 is 28.1 Å². The maximum absolute atomic E-state index is 12.5. The Morgan fingerprint density at radius 1 is 1.21 bits per heavy atom. The maximum atomic E-state index is 12.5. The summed E-state index contributed by atoms with van der Waals surface area (Å²) < 4.78 is 0.322. The van der Waals surface area contributed by atoms with Gasteiger partial charge in [0.05, 0.1) is 9.40 Å². The Bertz CT molecular complexity index is 750. The number of thiocarbonyl (C=S) groups is 1. The average molecular weight is 412 g/mol. The van der Waals surface area contributed by atoms with Gasteiger partial charge in [-0.3, -0.25) is 29.5 Å². The first-order valence-corrected chi connectivity index (χ1v) is 8.35. The van der Waals surface area contributed by atoms with Crippen molar-refractivity contribution in [2.45, 2.75) is 13.8 Å². The fraction of sp³-hybridized carbons (Fsp3) is 0.267. The zero-order chi connectivity index (χ0) is 18.0. The minimum Gasteiger partial charge on any atom is -0.285 e. The molecule has 2 amide bonds. The first kappa shape index (κ1) is 18.2. The van der Waals surface area contributed by atoms with Crippen LogP contribution in [0.3, 0.4) is 0 Å². The average Bonchev–Trinajstić information content (AvgIpc) is 2.53. The van der Waals surface area contributed by atoms with Crippen LogP contribution in [0, 0.1) is 10.1 Å². The summed E-state index contributed by atoms with van der Waals surface area (Å²) in [6.07, 6.45) is 1.36. The van der Waals surface area contributed by atoms with E-state index in [1.165, 1.54) is 28.0 Å². The van der Waals surface area contributed by atoms with Crippen molar-refractivity contribution in [3.05, 3.63) is 43.9 Å². The lowest BCUT2D eigenvalue weighted by molar-refractivity contribution is -0.385. The quantitative estimate of drug-likeness (QED) is 0.250. The predicted octanol–water partition coefficient (Wildman–Crippen LogP) is 2.74. The standard InChI is InChI=1S/C15H14BrN3O4S/c1-3-17-13(20)10(14(21)18(4-2)15(17)24)7-9-5-6-11(16)12(8-9)19(22)23/h5-8H,3-4H2,1-2H3. The third-order valence-corrected chi connectivity index (χ3v) is 4.63. The molecule has 1 aliphatic heterocycles.